The Morgan fingerprint density at radius 3 is 1.90 bits per heavy atom. The lowest BCUT2D eigenvalue weighted by atomic mass is 10.4. The fraction of sp³-hybridized carbons (Fsp3) is 0.667. The molecule has 7 nitrogen and oxygen atoms in total. The van der Waals surface area contributed by atoms with Gasteiger partial charge in [-0.3, -0.25) is 14.4 Å². The number of ether oxygens (including phenoxy) is 4. The van der Waals surface area contributed by atoms with Crippen molar-refractivity contribution in [3.05, 3.63) is 0 Å². The predicted octanol–water partition coefficient (Wildman–Crippen LogP) is 1.88. The Labute approximate surface area is 132 Å². The van der Waals surface area contributed by atoms with Crippen LogP contribution in [-0.2, 0) is 33.3 Å². The molecule has 0 radical (unpaired) electrons. The number of hydrogen-bond donors (Lipinski definition) is 0. The fourth-order valence-electron chi connectivity index (χ4n) is 0.639. The number of carbonyl (C=O) groups is 3. The highest BCUT2D eigenvalue weighted by Gasteiger charge is 2.12. The fourth-order valence-corrected chi connectivity index (χ4v) is 3.04. The average Bonchev–Trinajstić information content (AvgIpc) is 2.42. The predicted molar refractivity (Wildman–Crippen MR) is 80.8 cm³/mol. The molecular formula is C9H14O7S4. The van der Waals surface area contributed by atoms with E-state index in [-0.39, 0.29) is 17.8 Å². The Hall–Kier alpha value is -0.230. The van der Waals surface area contributed by atoms with Gasteiger partial charge in [0.05, 0.1) is 0 Å². The first kappa shape index (κ1) is 19.8. The molecule has 0 fully saturated rings. The molecule has 0 aromatic rings. The molecule has 116 valence electrons. The zero-order valence-electron chi connectivity index (χ0n) is 10.6. The summed E-state index contributed by atoms with van der Waals surface area (Å²) in [7, 11) is 6.67. The van der Waals surface area contributed by atoms with E-state index in [4.69, 9.17) is 14.2 Å². The van der Waals surface area contributed by atoms with Gasteiger partial charge in [-0.05, 0) is 21.6 Å². The summed E-state index contributed by atoms with van der Waals surface area (Å²) in [6, 6.07) is 0. The van der Waals surface area contributed by atoms with E-state index in [0.717, 1.165) is 0 Å². The summed E-state index contributed by atoms with van der Waals surface area (Å²) in [5.41, 5.74) is 0. The van der Waals surface area contributed by atoms with Crippen LogP contribution in [0.4, 0.5) is 0 Å². The van der Waals surface area contributed by atoms with E-state index in [0.29, 0.717) is 12.4 Å². The van der Waals surface area contributed by atoms with Crippen molar-refractivity contribution in [3.63, 3.8) is 0 Å². The van der Waals surface area contributed by atoms with Crippen LogP contribution in [0.2, 0.25) is 0 Å². The minimum Gasteiger partial charge on any atom is -0.456 e. The monoisotopic (exact) mass is 362 g/mol. The van der Waals surface area contributed by atoms with Crippen LogP contribution in [0.15, 0.2) is 0 Å². The summed E-state index contributed by atoms with van der Waals surface area (Å²) in [6.45, 7) is 0.332. The van der Waals surface area contributed by atoms with Crippen LogP contribution in [0.3, 0.4) is 0 Å². The zero-order valence-corrected chi connectivity index (χ0v) is 13.9. The van der Waals surface area contributed by atoms with Crippen LogP contribution in [0, 0.1) is 0 Å². The molecule has 0 rings (SSSR count). The molecule has 0 heterocycles. The highest BCUT2D eigenvalue weighted by molar-refractivity contribution is 8.76. The van der Waals surface area contributed by atoms with Gasteiger partial charge in [-0.25, -0.2) is 0 Å². The van der Waals surface area contributed by atoms with Gasteiger partial charge < -0.3 is 18.9 Å². The SMILES string of the molecule is COCSSCOC(=O)CC(=O)OCSSCOC=O. The van der Waals surface area contributed by atoms with E-state index >= 15 is 0 Å². The number of methoxy groups -OCH3 is 1. The first-order valence-corrected chi connectivity index (χ1v) is 10.0. The van der Waals surface area contributed by atoms with Crippen molar-refractivity contribution in [2.45, 2.75) is 6.42 Å². The van der Waals surface area contributed by atoms with E-state index in [1.165, 1.54) is 43.2 Å². The van der Waals surface area contributed by atoms with Gasteiger partial charge >= 0.3 is 11.9 Å². The van der Waals surface area contributed by atoms with Crippen molar-refractivity contribution in [2.24, 2.45) is 0 Å². The minimum absolute atomic E-state index is 0.0669. The lowest BCUT2D eigenvalue weighted by Crippen LogP contribution is -2.13. The molecule has 0 bridgehead atoms. The Kier molecular flexibility index (Phi) is 15.0. The van der Waals surface area contributed by atoms with Crippen molar-refractivity contribution >= 4 is 61.6 Å². The highest BCUT2D eigenvalue weighted by atomic mass is 33.1. The third-order valence-electron chi connectivity index (χ3n) is 1.34. The first-order chi connectivity index (χ1) is 9.70. The number of esters is 2. The van der Waals surface area contributed by atoms with Crippen molar-refractivity contribution in [1.82, 2.24) is 0 Å². The van der Waals surface area contributed by atoms with Gasteiger partial charge in [0.1, 0.15) is 30.2 Å². The second-order valence-electron chi connectivity index (χ2n) is 2.70. The van der Waals surface area contributed by atoms with Gasteiger partial charge in [0.2, 0.25) is 0 Å². The largest absolute Gasteiger partial charge is 0.456 e. The van der Waals surface area contributed by atoms with E-state index in [2.05, 4.69) is 4.74 Å². The molecule has 0 saturated heterocycles. The van der Waals surface area contributed by atoms with Gasteiger partial charge in [0, 0.05) is 7.11 Å². The zero-order chi connectivity index (χ0) is 15.1. The van der Waals surface area contributed by atoms with Crippen molar-refractivity contribution in [3.8, 4) is 0 Å². The van der Waals surface area contributed by atoms with Crippen LogP contribution in [0.1, 0.15) is 6.42 Å². The van der Waals surface area contributed by atoms with Crippen LogP contribution in [0.5, 0.6) is 0 Å². The molecule has 20 heavy (non-hydrogen) atoms. The number of hydrogen-bond acceptors (Lipinski definition) is 11. The molecule has 0 amide bonds. The molecule has 0 aliphatic rings. The molecule has 0 unspecified atom stereocenters. The van der Waals surface area contributed by atoms with Gasteiger partial charge in [-0.2, -0.15) is 0 Å². The highest BCUT2D eigenvalue weighted by Crippen LogP contribution is 2.21. The Morgan fingerprint density at radius 1 is 0.900 bits per heavy atom. The molecule has 0 saturated carbocycles. The lowest BCUT2D eigenvalue weighted by Gasteiger charge is -2.05. The van der Waals surface area contributed by atoms with Gasteiger partial charge in [0.25, 0.3) is 6.47 Å². The maximum absolute atomic E-state index is 11.2. The molecular weight excluding hydrogens is 348 g/mol. The van der Waals surface area contributed by atoms with Crippen molar-refractivity contribution in [2.75, 3.05) is 30.9 Å². The molecule has 0 aliphatic heterocycles. The number of rotatable bonds is 13. The maximum atomic E-state index is 11.2. The molecule has 0 aliphatic carbocycles. The second kappa shape index (κ2) is 15.2. The molecule has 0 aromatic heterocycles. The third-order valence-corrected chi connectivity index (χ3v) is 4.82. The van der Waals surface area contributed by atoms with Gasteiger partial charge in [-0.15, -0.1) is 0 Å². The summed E-state index contributed by atoms with van der Waals surface area (Å²) in [6.07, 6.45) is -0.425. The Balaban J connectivity index is 3.40. The summed E-state index contributed by atoms with van der Waals surface area (Å²) in [4.78, 5) is 32.2. The first-order valence-electron chi connectivity index (χ1n) is 5.05. The Bertz CT molecular complexity index is 289. The molecule has 0 atom stereocenters. The standard InChI is InChI=1S/C9H14O7S4/c1-13-4-17-19-6-15-8(11)2-9(12)16-7-20-18-5-14-3-10/h3H,2,4-7H2,1H3. The van der Waals surface area contributed by atoms with E-state index in [9.17, 15) is 14.4 Å². The maximum Gasteiger partial charge on any atom is 0.318 e. The second-order valence-corrected chi connectivity index (χ2v) is 7.42. The molecule has 0 N–H and O–H groups in total. The lowest BCUT2D eigenvalue weighted by molar-refractivity contribution is -0.152. The molecule has 0 spiro atoms. The third kappa shape index (κ3) is 14.2. The normalized spacial score (nSPS) is 9.85. The molecule has 11 heteroatoms. The molecule has 0 aromatic carbocycles. The average molecular weight is 362 g/mol. The topological polar surface area (TPSA) is 88.1 Å². The Morgan fingerprint density at radius 2 is 1.40 bits per heavy atom. The van der Waals surface area contributed by atoms with Gasteiger partial charge in [0.15, 0.2) is 0 Å². The number of carbonyl (C=O) groups excluding carboxylic acids is 3. The summed E-state index contributed by atoms with van der Waals surface area (Å²) in [5, 5.41) is 0. The van der Waals surface area contributed by atoms with Crippen LogP contribution < -0.4 is 0 Å². The van der Waals surface area contributed by atoms with Crippen molar-refractivity contribution in [1.29, 1.82) is 0 Å². The van der Waals surface area contributed by atoms with Crippen LogP contribution >= 0.6 is 43.2 Å². The van der Waals surface area contributed by atoms with E-state index in [1.807, 2.05) is 0 Å². The smallest absolute Gasteiger partial charge is 0.318 e. The minimum atomic E-state index is -0.658. The van der Waals surface area contributed by atoms with Crippen LogP contribution in [-0.4, -0.2) is 49.3 Å². The van der Waals surface area contributed by atoms with E-state index in [1.54, 1.807) is 7.11 Å². The van der Waals surface area contributed by atoms with Gasteiger partial charge in [-0.1, -0.05) is 21.6 Å². The van der Waals surface area contributed by atoms with Crippen molar-refractivity contribution < 1.29 is 33.3 Å². The summed E-state index contributed by atoms with van der Waals surface area (Å²) in [5.74, 6) is -0.418. The van der Waals surface area contributed by atoms with E-state index < -0.39 is 18.4 Å². The summed E-state index contributed by atoms with van der Waals surface area (Å²) >= 11 is 0. The van der Waals surface area contributed by atoms with Crippen LogP contribution in [0.25, 0.3) is 0 Å². The summed E-state index contributed by atoms with van der Waals surface area (Å²) < 4.78 is 18.8. The quantitative estimate of drug-likeness (QED) is 0.0915.